The highest BCUT2D eigenvalue weighted by molar-refractivity contribution is 7.13. The van der Waals surface area contributed by atoms with Crippen LogP contribution in [0, 0.1) is 11.3 Å². The molecule has 0 amide bonds. The zero-order chi connectivity index (χ0) is 10.8. The van der Waals surface area contributed by atoms with Crippen molar-refractivity contribution in [2.24, 2.45) is 0 Å². The van der Waals surface area contributed by atoms with Crippen molar-refractivity contribution in [2.45, 2.75) is 0 Å². The molecule has 5 nitrogen and oxygen atoms in total. The molecule has 74 valence electrons. The van der Waals surface area contributed by atoms with Crippen LogP contribution in [0.2, 0.25) is 0 Å². The topological polar surface area (TPSA) is 95.6 Å². The Bertz CT molecular complexity index is 579. The number of aromatic amines is 1. The molecular weight excluding hydrogens is 212 g/mol. The minimum Gasteiger partial charge on any atom is -0.369 e. The molecule has 0 aliphatic heterocycles. The lowest BCUT2D eigenvalue weighted by molar-refractivity contribution is 1.13. The van der Waals surface area contributed by atoms with Crippen molar-refractivity contribution < 1.29 is 0 Å². The summed E-state index contributed by atoms with van der Waals surface area (Å²) in [6.45, 7) is 0. The third-order valence-electron chi connectivity index (χ3n) is 1.80. The maximum absolute atomic E-state index is 11.4. The van der Waals surface area contributed by atoms with Gasteiger partial charge in [0.2, 0.25) is 5.95 Å². The van der Waals surface area contributed by atoms with Crippen LogP contribution in [0.4, 0.5) is 5.95 Å². The third kappa shape index (κ3) is 1.60. The minimum atomic E-state index is -0.506. The Morgan fingerprint density at radius 1 is 1.60 bits per heavy atom. The molecule has 0 spiro atoms. The summed E-state index contributed by atoms with van der Waals surface area (Å²) in [6.07, 6.45) is 0. The first-order valence-corrected chi connectivity index (χ1v) is 4.94. The lowest BCUT2D eigenvalue weighted by Gasteiger charge is -2.00. The van der Waals surface area contributed by atoms with Crippen LogP contribution in [0.5, 0.6) is 0 Å². The van der Waals surface area contributed by atoms with Crippen molar-refractivity contribution in [1.82, 2.24) is 9.97 Å². The molecule has 0 atom stereocenters. The van der Waals surface area contributed by atoms with Crippen molar-refractivity contribution in [1.29, 1.82) is 5.26 Å². The van der Waals surface area contributed by atoms with E-state index in [0.29, 0.717) is 5.69 Å². The molecule has 0 unspecified atom stereocenters. The Morgan fingerprint density at radius 3 is 3.00 bits per heavy atom. The van der Waals surface area contributed by atoms with Crippen LogP contribution in [0.3, 0.4) is 0 Å². The fourth-order valence-corrected chi connectivity index (χ4v) is 1.91. The first-order chi connectivity index (χ1) is 7.22. The highest BCUT2D eigenvalue weighted by Crippen LogP contribution is 2.24. The fourth-order valence-electron chi connectivity index (χ4n) is 1.19. The molecule has 2 aromatic heterocycles. The normalized spacial score (nSPS) is 9.80. The van der Waals surface area contributed by atoms with Crippen LogP contribution in [0.25, 0.3) is 10.6 Å². The summed E-state index contributed by atoms with van der Waals surface area (Å²) in [7, 11) is 0. The Balaban J connectivity index is 2.77. The van der Waals surface area contributed by atoms with E-state index in [1.165, 1.54) is 11.3 Å². The van der Waals surface area contributed by atoms with E-state index in [1.54, 1.807) is 6.07 Å². The number of hydrogen-bond acceptors (Lipinski definition) is 5. The van der Waals surface area contributed by atoms with E-state index >= 15 is 0 Å². The summed E-state index contributed by atoms with van der Waals surface area (Å²) >= 11 is 1.40. The summed E-state index contributed by atoms with van der Waals surface area (Å²) in [4.78, 5) is 18.4. The van der Waals surface area contributed by atoms with Gasteiger partial charge in [0, 0.05) is 0 Å². The number of nitrogens with two attached hydrogens (primary N) is 1. The number of nitrogens with one attached hydrogen (secondary N) is 1. The van der Waals surface area contributed by atoms with Gasteiger partial charge in [0.15, 0.2) is 0 Å². The van der Waals surface area contributed by atoms with Crippen molar-refractivity contribution in [3.63, 3.8) is 0 Å². The molecule has 2 aromatic rings. The maximum atomic E-state index is 11.4. The van der Waals surface area contributed by atoms with Gasteiger partial charge >= 0.3 is 0 Å². The van der Waals surface area contributed by atoms with Gasteiger partial charge in [-0.1, -0.05) is 6.07 Å². The average Bonchev–Trinajstić information content (AvgIpc) is 2.69. The number of nitrogen functional groups attached to an aromatic ring is 1. The van der Waals surface area contributed by atoms with Gasteiger partial charge in [0.05, 0.1) is 4.88 Å². The molecule has 0 bridgehead atoms. The zero-order valence-corrected chi connectivity index (χ0v) is 8.34. The van der Waals surface area contributed by atoms with E-state index in [0.717, 1.165) is 4.88 Å². The maximum Gasteiger partial charge on any atom is 0.270 e. The summed E-state index contributed by atoms with van der Waals surface area (Å²) in [6, 6.07) is 5.43. The van der Waals surface area contributed by atoms with E-state index in [4.69, 9.17) is 11.0 Å². The van der Waals surface area contributed by atoms with E-state index < -0.39 is 5.56 Å². The molecule has 3 N–H and O–H groups in total. The summed E-state index contributed by atoms with van der Waals surface area (Å²) in [5.41, 5.74) is 5.25. The monoisotopic (exact) mass is 218 g/mol. The second-order valence-corrected chi connectivity index (χ2v) is 3.71. The van der Waals surface area contributed by atoms with Crippen LogP contribution in [0.1, 0.15) is 5.56 Å². The Kier molecular flexibility index (Phi) is 2.23. The van der Waals surface area contributed by atoms with E-state index in [2.05, 4.69) is 9.97 Å². The predicted molar refractivity (Wildman–Crippen MR) is 57.3 cm³/mol. The number of aromatic nitrogens is 2. The molecule has 0 aliphatic carbocycles. The van der Waals surface area contributed by atoms with Gasteiger partial charge in [-0.15, -0.1) is 11.3 Å². The SMILES string of the molecule is N#Cc1c(-c2cccs2)nc(N)[nH]c1=O. The number of nitriles is 1. The summed E-state index contributed by atoms with van der Waals surface area (Å²) in [5.74, 6) is 0.0161. The molecule has 6 heteroatoms. The van der Waals surface area contributed by atoms with Gasteiger partial charge in [-0.2, -0.15) is 5.26 Å². The largest absolute Gasteiger partial charge is 0.369 e. The quantitative estimate of drug-likeness (QED) is 0.744. The Hall–Kier alpha value is -2.13. The van der Waals surface area contributed by atoms with Crippen molar-refractivity contribution in [3.05, 3.63) is 33.4 Å². The van der Waals surface area contributed by atoms with Crippen LogP contribution in [-0.4, -0.2) is 9.97 Å². The standard InChI is InChI=1S/C9H6N4OS/c10-4-5-7(6-2-1-3-15-6)12-9(11)13-8(5)14/h1-3H,(H3,11,12,13,14). The van der Waals surface area contributed by atoms with E-state index in [9.17, 15) is 4.79 Å². The molecule has 0 fully saturated rings. The van der Waals surface area contributed by atoms with Gasteiger partial charge in [0.1, 0.15) is 17.3 Å². The van der Waals surface area contributed by atoms with Gasteiger partial charge < -0.3 is 5.73 Å². The fraction of sp³-hybridized carbons (Fsp3) is 0. The number of hydrogen-bond donors (Lipinski definition) is 2. The van der Waals surface area contributed by atoms with Gasteiger partial charge in [0.25, 0.3) is 5.56 Å². The highest BCUT2D eigenvalue weighted by Gasteiger charge is 2.12. The summed E-state index contributed by atoms with van der Waals surface area (Å²) < 4.78 is 0. The first kappa shape index (κ1) is 9.43. The van der Waals surface area contributed by atoms with Crippen LogP contribution in [-0.2, 0) is 0 Å². The number of anilines is 1. The van der Waals surface area contributed by atoms with Crippen LogP contribution >= 0.6 is 11.3 Å². The van der Waals surface area contributed by atoms with E-state index in [1.807, 2.05) is 17.5 Å². The molecule has 15 heavy (non-hydrogen) atoms. The number of rotatable bonds is 1. The molecule has 0 saturated carbocycles. The highest BCUT2D eigenvalue weighted by atomic mass is 32.1. The Morgan fingerprint density at radius 2 is 2.40 bits per heavy atom. The van der Waals surface area contributed by atoms with Gasteiger partial charge in [-0.05, 0) is 11.4 Å². The van der Waals surface area contributed by atoms with Gasteiger partial charge in [-0.3, -0.25) is 9.78 Å². The lowest BCUT2D eigenvalue weighted by atomic mass is 10.2. The third-order valence-corrected chi connectivity index (χ3v) is 2.68. The minimum absolute atomic E-state index is 0.00773. The second kappa shape index (κ2) is 3.55. The van der Waals surface area contributed by atoms with E-state index in [-0.39, 0.29) is 11.5 Å². The predicted octanol–water partition coefficient (Wildman–Crippen LogP) is 0.952. The van der Waals surface area contributed by atoms with Crippen LogP contribution < -0.4 is 11.3 Å². The van der Waals surface area contributed by atoms with Crippen LogP contribution in [0.15, 0.2) is 22.3 Å². The van der Waals surface area contributed by atoms with Crippen molar-refractivity contribution in [3.8, 4) is 16.6 Å². The second-order valence-electron chi connectivity index (χ2n) is 2.76. The molecule has 0 aliphatic rings. The first-order valence-electron chi connectivity index (χ1n) is 4.06. The Labute approximate surface area is 88.8 Å². The average molecular weight is 218 g/mol. The molecule has 2 rings (SSSR count). The van der Waals surface area contributed by atoms with Crippen molar-refractivity contribution >= 4 is 17.3 Å². The summed E-state index contributed by atoms with van der Waals surface area (Å²) in [5, 5.41) is 10.7. The zero-order valence-electron chi connectivity index (χ0n) is 7.52. The van der Waals surface area contributed by atoms with Gasteiger partial charge in [-0.25, -0.2) is 4.98 Å². The molecule has 0 radical (unpaired) electrons. The smallest absolute Gasteiger partial charge is 0.270 e. The molecule has 2 heterocycles. The lowest BCUT2D eigenvalue weighted by Crippen LogP contribution is -2.15. The molecular formula is C9H6N4OS. The number of H-pyrrole nitrogens is 1. The molecule has 0 aromatic carbocycles. The number of nitrogens with zero attached hydrogens (tertiary/aromatic N) is 2. The van der Waals surface area contributed by atoms with Crippen molar-refractivity contribution in [2.75, 3.05) is 5.73 Å². The molecule has 0 saturated heterocycles. The number of thiophene rings is 1.